The molecule has 1 aromatic carbocycles. The summed E-state index contributed by atoms with van der Waals surface area (Å²) in [6, 6.07) is 5.71. The molecular formula is C32H47N5O7. The SMILES string of the molecule is C=C(CCCC(=O)NC1=CCC2C(=C1)C(COC=O)c1cc(NC(=O)CCCC(=O)NCCO)ccc12)NCCO.CCN. The van der Waals surface area contributed by atoms with Crippen LogP contribution in [0.5, 0.6) is 0 Å². The van der Waals surface area contributed by atoms with Crippen molar-refractivity contribution in [3.63, 3.8) is 0 Å². The number of carbonyl (C=O) groups excluding carboxylic acids is 4. The summed E-state index contributed by atoms with van der Waals surface area (Å²) in [7, 11) is 0. The number of rotatable bonds is 18. The molecule has 0 aliphatic heterocycles. The van der Waals surface area contributed by atoms with E-state index in [2.05, 4.69) is 27.8 Å². The van der Waals surface area contributed by atoms with Gasteiger partial charge in [0.2, 0.25) is 17.7 Å². The monoisotopic (exact) mass is 613 g/mol. The molecule has 0 fully saturated rings. The molecule has 0 saturated heterocycles. The molecule has 0 saturated carbocycles. The van der Waals surface area contributed by atoms with E-state index in [1.807, 2.05) is 37.3 Å². The molecule has 12 nitrogen and oxygen atoms in total. The summed E-state index contributed by atoms with van der Waals surface area (Å²) in [4.78, 5) is 47.7. The number of hydrogen-bond donors (Lipinski definition) is 7. The Morgan fingerprint density at radius 1 is 0.977 bits per heavy atom. The van der Waals surface area contributed by atoms with Crippen molar-refractivity contribution in [1.82, 2.24) is 16.0 Å². The Balaban J connectivity index is 0.00000216. The van der Waals surface area contributed by atoms with Gasteiger partial charge in [-0.3, -0.25) is 19.2 Å². The molecule has 0 radical (unpaired) electrons. The number of fused-ring (bicyclic) bond motifs is 3. The number of allylic oxidation sites excluding steroid dienone is 3. The Morgan fingerprint density at radius 2 is 1.61 bits per heavy atom. The molecule has 44 heavy (non-hydrogen) atoms. The van der Waals surface area contributed by atoms with Gasteiger partial charge in [0, 0.05) is 61.3 Å². The minimum absolute atomic E-state index is 0.0244. The molecule has 8 N–H and O–H groups in total. The highest BCUT2D eigenvalue weighted by Gasteiger charge is 2.37. The summed E-state index contributed by atoms with van der Waals surface area (Å²) in [5.41, 5.74) is 10.0. The van der Waals surface area contributed by atoms with E-state index in [-0.39, 0.29) is 68.8 Å². The first-order valence-electron chi connectivity index (χ1n) is 15.1. The highest BCUT2D eigenvalue weighted by molar-refractivity contribution is 5.91. The molecule has 1 aromatic rings. The molecule has 3 rings (SSSR count). The van der Waals surface area contributed by atoms with Gasteiger partial charge in [-0.25, -0.2) is 0 Å². The maximum atomic E-state index is 12.6. The zero-order chi connectivity index (χ0) is 32.3. The Morgan fingerprint density at radius 3 is 2.30 bits per heavy atom. The number of nitrogens with two attached hydrogens (primary N) is 1. The average Bonchev–Trinajstić information content (AvgIpc) is 3.30. The van der Waals surface area contributed by atoms with Crippen LogP contribution in [0, 0.1) is 0 Å². The molecule has 2 unspecified atom stereocenters. The van der Waals surface area contributed by atoms with E-state index in [4.69, 9.17) is 20.7 Å². The van der Waals surface area contributed by atoms with Crippen LogP contribution in [0.1, 0.15) is 74.8 Å². The van der Waals surface area contributed by atoms with Crippen molar-refractivity contribution in [2.45, 2.75) is 63.7 Å². The van der Waals surface area contributed by atoms with Gasteiger partial charge in [0.1, 0.15) is 6.61 Å². The topological polar surface area (TPSA) is 192 Å². The van der Waals surface area contributed by atoms with E-state index in [0.717, 1.165) is 28.9 Å². The first-order chi connectivity index (χ1) is 21.3. The molecule has 2 aliphatic rings. The third-order valence-electron chi connectivity index (χ3n) is 7.05. The van der Waals surface area contributed by atoms with E-state index in [1.54, 1.807) is 0 Å². The van der Waals surface area contributed by atoms with E-state index >= 15 is 0 Å². The van der Waals surface area contributed by atoms with Gasteiger partial charge in [-0.15, -0.1) is 0 Å². The van der Waals surface area contributed by atoms with Gasteiger partial charge in [0.05, 0.1) is 13.2 Å². The lowest BCUT2D eigenvalue weighted by Crippen LogP contribution is -2.26. The van der Waals surface area contributed by atoms with Gasteiger partial charge in [-0.2, -0.15) is 0 Å². The lowest BCUT2D eigenvalue weighted by atomic mass is 9.87. The van der Waals surface area contributed by atoms with Crippen LogP contribution < -0.4 is 27.0 Å². The number of aliphatic hydroxyl groups is 2. The fraction of sp³-hybridized carbons (Fsp3) is 0.500. The number of ether oxygens (including phenoxy) is 1. The van der Waals surface area contributed by atoms with Crippen molar-refractivity contribution in [3.8, 4) is 0 Å². The number of amides is 3. The predicted molar refractivity (Wildman–Crippen MR) is 168 cm³/mol. The van der Waals surface area contributed by atoms with Crippen LogP contribution in [-0.2, 0) is 23.9 Å². The second kappa shape index (κ2) is 20.0. The van der Waals surface area contributed by atoms with Crippen LogP contribution in [0.15, 0.2) is 53.9 Å². The van der Waals surface area contributed by atoms with Crippen molar-refractivity contribution < 1.29 is 34.1 Å². The third-order valence-corrected chi connectivity index (χ3v) is 7.05. The van der Waals surface area contributed by atoms with Crippen LogP contribution in [-0.4, -0.2) is 73.9 Å². The van der Waals surface area contributed by atoms with Gasteiger partial charge in [0.15, 0.2) is 0 Å². The van der Waals surface area contributed by atoms with Gasteiger partial charge in [-0.05, 0) is 67.1 Å². The van der Waals surface area contributed by atoms with Gasteiger partial charge >= 0.3 is 0 Å². The summed E-state index contributed by atoms with van der Waals surface area (Å²) < 4.78 is 5.17. The summed E-state index contributed by atoms with van der Waals surface area (Å²) in [5.74, 6) is -0.661. The molecule has 12 heteroatoms. The summed E-state index contributed by atoms with van der Waals surface area (Å²) in [6.45, 7) is 7.62. The van der Waals surface area contributed by atoms with Crippen molar-refractivity contribution in [1.29, 1.82) is 0 Å². The molecule has 0 spiro atoms. The Kier molecular flexibility index (Phi) is 16.5. The second-order valence-electron chi connectivity index (χ2n) is 10.5. The fourth-order valence-corrected chi connectivity index (χ4v) is 5.15. The molecule has 3 amide bonds. The molecule has 242 valence electrons. The maximum absolute atomic E-state index is 12.6. The van der Waals surface area contributed by atoms with E-state index in [1.165, 1.54) is 0 Å². The summed E-state index contributed by atoms with van der Waals surface area (Å²) in [6.07, 6.45) is 6.97. The van der Waals surface area contributed by atoms with Crippen LogP contribution in [0.3, 0.4) is 0 Å². The second-order valence-corrected chi connectivity index (χ2v) is 10.5. The van der Waals surface area contributed by atoms with Crippen molar-refractivity contribution in [2.24, 2.45) is 5.73 Å². The largest absolute Gasteiger partial charge is 0.467 e. The smallest absolute Gasteiger partial charge is 0.293 e. The lowest BCUT2D eigenvalue weighted by Gasteiger charge is -2.22. The number of nitrogens with one attached hydrogen (secondary N) is 4. The average molecular weight is 614 g/mol. The fourth-order valence-electron chi connectivity index (χ4n) is 5.15. The van der Waals surface area contributed by atoms with E-state index in [9.17, 15) is 19.2 Å². The molecule has 0 aromatic heterocycles. The molecule has 0 bridgehead atoms. The van der Waals surface area contributed by atoms with Crippen LogP contribution in [0.4, 0.5) is 5.69 Å². The number of benzene rings is 1. The van der Waals surface area contributed by atoms with Gasteiger partial charge < -0.3 is 42.0 Å². The van der Waals surface area contributed by atoms with E-state index < -0.39 is 0 Å². The number of aliphatic hydroxyl groups excluding tert-OH is 2. The molecule has 0 heterocycles. The normalized spacial score (nSPS) is 16.1. The maximum Gasteiger partial charge on any atom is 0.293 e. The highest BCUT2D eigenvalue weighted by atomic mass is 16.5. The Labute approximate surface area is 259 Å². The first-order valence-corrected chi connectivity index (χ1v) is 15.1. The van der Waals surface area contributed by atoms with Gasteiger partial charge in [0.25, 0.3) is 6.47 Å². The van der Waals surface area contributed by atoms with Crippen molar-refractivity contribution in [2.75, 3.05) is 44.8 Å². The van der Waals surface area contributed by atoms with Gasteiger partial charge in [-0.1, -0.05) is 25.6 Å². The third kappa shape index (κ3) is 11.9. The summed E-state index contributed by atoms with van der Waals surface area (Å²) >= 11 is 0. The first kappa shape index (κ1) is 36.2. The molecule has 2 atom stereocenters. The molecular weight excluding hydrogens is 566 g/mol. The van der Waals surface area contributed by atoms with Crippen LogP contribution in [0.25, 0.3) is 0 Å². The minimum Gasteiger partial charge on any atom is -0.467 e. The zero-order valence-electron chi connectivity index (χ0n) is 25.5. The standard InChI is InChI=1S/C30H40N4O7.C2H7N/c1-20(31-12-14-35)4-2-6-29(39)33-21-8-10-23-24-11-9-22(17-26(24)27(18-41-19-37)25(23)16-21)34-30(40)7-3-5-28(38)32-13-15-36;1-2-3/h8-9,11,16-17,19,23,27,31,35-36H,1-7,10,12-15,18H2,(H,32,38)(H,33,39)(H,34,40);2-3H2,1H3. The predicted octanol–water partition coefficient (Wildman–Crippen LogP) is 1.82. The Bertz CT molecular complexity index is 1200. The summed E-state index contributed by atoms with van der Waals surface area (Å²) in [5, 5.41) is 29.1. The van der Waals surface area contributed by atoms with E-state index in [0.29, 0.717) is 56.5 Å². The quantitative estimate of drug-likeness (QED) is 0.121. The Hall–Kier alpha value is -4.00. The number of anilines is 1. The minimum atomic E-state index is -0.214. The van der Waals surface area contributed by atoms with Crippen molar-refractivity contribution in [3.05, 3.63) is 65.0 Å². The lowest BCUT2D eigenvalue weighted by molar-refractivity contribution is -0.129. The van der Waals surface area contributed by atoms with Crippen LogP contribution in [0.2, 0.25) is 0 Å². The number of hydrogen-bond acceptors (Lipinski definition) is 9. The van der Waals surface area contributed by atoms with Crippen molar-refractivity contribution >= 4 is 29.9 Å². The molecule has 2 aliphatic carbocycles. The number of carbonyl (C=O) groups is 4. The zero-order valence-corrected chi connectivity index (χ0v) is 25.5. The van der Waals surface area contributed by atoms with Crippen LogP contribution >= 0.6 is 0 Å². The highest BCUT2D eigenvalue weighted by Crippen LogP contribution is 2.50.